The maximum atomic E-state index is 3.57. The van der Waals surface area contributed by atoms with Crippen molar-refractivity contribution in [3.63, 3.8) is 0 Å². The van der Waals surface area contributed by atoms with Crippen LogP contribution in [0.15, 0.2) is 0 Å². The Balaban J connectivity index is 1.87. The highest BCUT2D eigenvalue weighted by molar-refractivity contribution is 4.93. The Bertz CT molecular complexity index is 232. The van der Waals surface area contributed by atoms with Gasteiger partial charge in [-0.1, -0.05) is 20.8 Å². The molecule has 0 radical (unpaired) electrons. The average molecular weight is 239 g/mol. The molecule has 0 aliphatic carbocycles. The van der Waals surface area contributed by atoms with E-state index in [9.17, 15) is 0 Å². The second-order valence-corrected chi connectivity index (χ2v) is 6.34. The highest BCUT2D eigenvalue weighted by atomic mass is 15.3. The zero-order valence-corrected chi connectivity index (χ0v) is 11.8. The second kappa shape index (κ2) is 5.68. The van der Waals surface area contributed by atoms with Gasteiger partial charge in [0.25, 0.3) is 0 Å². The highest BCUT2D eigenvalue weighted by Gasteiger charge is 2.37. The number of hydrogen-bond donors (Lipinski definition) is 1. The van der Waals surface area contributed by atoms with Gasteiger partial charge in [0.1, 0.15) is 0 Å². The Hall–Kier alpha value is -0.120. The SMILES string of the molecule is CCCN1CCN(C2CNCCC2(C)C)CC1. The van der Waals surface area contributed by atoms with E-state index in [1.807, 2.05) is 0 Å². The molecule has 2 aliphatic heterocycles. The zero-order chi connectivity index (χ0) is 12.3. The zero-order valence-electron chi connectivity index (χ0n) is 11.8. The van der Waals surface area contributed by atoms with Crippen LogP contribution < -0.4 is 5.32 Å². The first-order chi connectivity index (χ1) is 8.13. The lowest BCUT2D eigenvalue weighted by Gasteiger charge is -2.48. The smallest absolute Gasteiger partial charge is 0.0273 e. The lowest BCUT2D eigenvalue weighted by Crippen LogP contribution is -2.60. The van der Waals surface area contributed by atoms with Crippen LogP contribution in [0.5, 0.6) is 0 Å². The van der Waals surface area contributed by atoms with Gasteiger partial charge in [-0.05, 0) is 31.3 Å². The summed E-state index contributed by atoms with van der Waals surface area (Å²) in [7, 11) is 0. The fourth-order valence-corrected chi connectivity index (χ4v) is 3.33. The quantitative estimate of drug-likeness (QED) is 0.803. The summed E-state index contributed by atoms with van der Waals surface area (Å²) >= 11 is 0. The minimum absolute atomic E-state index is 0.484. The molecule has 2 aliphatic rings. The summed E-state index contributed by atoms with van der Waals surface area (Å²) in [5.41, 5.74) is 0.484. The molecule has 1 N–H and O–H groups in total. The standard InChI is InChI=1S/C14H29N3/c1-4-7-16-8-10-17(11-9-16)13-12-15-6-5-14(13,2)3/h13,15H,4-12H2,1-3H3. The molecule has 1 unspecified atom stereocenters. The first kappa shape index (κ1) is 13.3. The molecule has 0 amide bonds. The number of nitrogens with zero attached hydrogens (tertiary/aromatic N) is 2. The highest BCUT2D eigenvalue weighted by Crippen LogP contribution is 2.31. The normalized spacial score (nSPS) is 31.6. The minimum Gasteiger partial charge on any atom is -0.315 e. The van der Waals surface area contributed by atoms with E-state index >= 15 is 0 Å². The van der Waals surface area contributed by atoms with Crippen LogP contribution in [0.1, 0.15) is 33.6 Å². The molecule has 2 fully saturated rings. The van der Waals surface area contributed by atoms with Gasteiger partial charge in [0.2, 0.25) is 0 Å². The number of piperidine rings is 1. The summed E-state index contributed by atoms with van der Waals surface area (Å²) in [5.74, 6) is 0. The predicted molar refractivity (Wildman–Crippen MR) is 73.4 cm³/mol. The summed E-state index contributed by atoms with van der Waals surface area (Å²) in [6.07, 6.45) is 2.60. The summed E-state index contributed by atoms with van der Waals surface area (Å²) in [5, 5.41) is 3.57. The molecule has 100 valence electrons. The Labute approximate surface area is 107 Å². The van der Waals surface area contributed by atoms with Crippen molar-refractivity contribution >= 4 is 0 Å². The van der Waals surface area contributed by atoms with Gasteiger partial charge in [-0.3, -0.25) is 4.90 Å². The Morgan fingerprint density at radius 3 is 2.47 bits per heavy atom. The fourth-order valence-electron chi connectivity index (χ4n) is 3.33. The minimum atomic E-state index is 0.484. The molecular weight excluding hydrogens is 210 g/mol. The van der Waals surface area contributed by atoms with E-state index in [1.165, 1.54) is 58.7 Å². The molecule has 2 rings (SSSR count). The molecule has 0 spiro atoms. The third kappa shape index (κ3) is 3.21. The molecule has 2 saturated heterocycles. The van der Waals surface area contributed by atoms with E-state index in [4.69, 9.17) is 0 Å². The summed E-state index contributed by atoms with van der Waals surface area (Å²) in [6.45, 7) is 15.9. The van der Waals surface area contributed by atoms with E-state index in [2.05, 4.69) is 35.9 Å². The van der Waals surface area contributed by atoms with Crippen LogP contribution in [0, 0.1) is 5.41 Å². The van der Waals surface area contributed by atoms with Crippen molar-refractivity contribution in [3.8, 4) is 0 Å². The largest absolute Gasteiger partial charge is 0.315 e. The number of rotatable bonds is 3. The second-order valence-electron chi connectivity index (χ2n) is 6.34. The Kier molecular flexibility index (Phi) is 4.45. The number of piperazine rings is 1. The van der Waals surface area contributed by atoms with Crippen molar-refractivity contribution in [3.05, 3.63) is 0 Å². The van der Waals surface area contributed by atoms with Gasteiger partial charge in [-0.15, -0.1) is 0 Å². The van der Waals surface area contributed by atoms with Crippen molar-refractivity contribution in [1.82, 2.24) is 15.1 Å². The maximum absolute atomic E-state index is 3.57. The Morgan fingerprint density at radius 2 is 1.88 bits per heavy atom. The molecule has 0 aromatic carbocycles. The summed E-state index contributed by atoms with van der Waals surface area (Å²) in [4.78, 5) is 5.33. The van der Waals surface area contributed by atoms with Crippen LogP contribution in [0.2, 0.25) is 0 Å². The van der Waals surface area contributed by atoms with Crippen molar-refractivity contribution in [2.75, 3.05) is 45.8 Å². The molecule has 0 saturated carbocycles. The monoisotopic (exact) mass is 239 g/mol. The van der Waals surface area contributed by atoms with E-state index in [0.29, 0.717) is 5.41 Å². The average Bonchev–Trinajstić information content (AvgIpc) is 2.30. The van der Waals surface area contributed by atoms with Gasteiger partial charge in [0.05, 0.1) is 0 Å². The van der Waals surface area contributed by atoms with E-state index < -0.39 is 0 Å². The fraction of sp³-hybridized carbons (Fsp3) is 1.00. The van der Waals surface area contributed by atoms with E-state index in [-0.39, 0.29) is 0 Å². The third-order valence-corrected chi connectivity index (χ3v) is 4.57. The number of hydrogen-bond acceptors (Lipinski definition) is 3. The molecule has 1 atom stereocenters. The third-order valence-electron chi connectivity index (χ3n) is 4.57. The van der Waals surface area contributed by atoms with Crippen LogP contribution in [0.4, 0.5) is 0 Å². The lowest BCUT2D eigenvalue weighted by molar-refractivity contribution is 0.0218. The van der Waals surface area contributed by atoms with Gasteiger partial charge in [-0.2, -0.15) is 0 Å². The van der Waals surface area contributed by atoms with Gasteiger partial charge < -0.3 is 10.2 Å². The molecule has 0 aromatic heterocycles. The molecule has 2 heterocycles. The topological polar surface area (TPSA) is 18.5 Å². The van der Waals surface area contributed by atoms with Crippen molar-refractivity contribution in [1.29, 1.82) is 0 Å². The van der Waals surface area contributed by atoms with Gasteiger partial charge in [0.15, 0.2) is 0 Å². The number of nitrogens with one attached hydrogen (secondary N) is 1. The van der Waals surface area contributed by atoms with Crippen LogP contribution in [0.3, 0.4) is 0 Å². The molecule has 0 bridgehead atoms. The van der Waals surface area contributed by atoms with E-state index in [0.717, 1.165) is 6.04 Å². The van der Waals surface area contributed by atoms with Gasteiger partial charge in [-0.25, -0.2) is 0 Å². The van der Waals surface area contributed by atoms with Gasteiger partial charge in [0, 0.05) is 38.8 Å². The van der Waals surface area contributed by atoms with Crippen LogP contribution in [0.25, 0.3) is 0 Å². The first-order valence-electron chi connectivity index (χ1n) is 7.30. The van der Waals surface area contributed by atoms with Gasteiger partial charge >= 0.3 is 0 Å². The molecule has 3 nitrogen and oxygen atoms in total. The summed E-state index contributed by atoms with van der Waals surface area (Å²) < 4.78 is 0. The van der Waals surface area contributed by atoms with Crippen molar-refractivity contribution in [2.45, 2.75) is 39.7 Å². The molecule has 3 heteroatoms. The molecule has 17 heavy (non-hydrogen) atoms. The maximum Gasteiger partial charge on any atom is 0.0273 e. The van der Waals surface area contributed by atoms with Crippen molar-refractivity contribution < 1.29 is 0 Å². The van der Waals surface area contributed by atoms with Crippen LogP contribution in [-0.2, 0) is 0 Å². The van der Waals surface area contributed by atoms with Crippen LogP contribution >= 0.6 is 0 Å². The van der Waals surface area contributed by atoms with Crippen molar-refractivity contribution in [2.24, 2.45) is 5.41 Å². The molecular formula is C14H29N3. The van der Waals surface area contributed by atoms with E-state index in [1.54, 1.807) is 0 Å². The lowest BCUT2D eigenvalue weighted by atomic mass is 9.77. The first-order valence-corrected chi connectivity index (χ1v) is 7.30. The van der Waals surface area contributed by atoms with Crippen LogP contribution in [-0.4, -0.2) is 61.7 Å². The Morgan fingerprint density at radius 1 is 1.18 bits per heavy atom. The molecule has 0 aromatic rings. The predicted octanol–water partition coefficient (Wildman–Crippen LogP) is 1.40. The summed E-state index contributed by atoms with van der Waals surface area (Å²) in [6, 6.07) is 0.736.